The number of amides is 1. The van der Waals surface area contributed by atoms with Crippen LogP contribution in [0.1, 0.15) is 37.8 Å². The molecule has 7 nitrogen and oxygen atoms in total. The smallest absolute Gasteiger partial charge is 0.238 e. The zero-order chi connectivity index (χ0) is 21.9. The van der Waals surface area contributed by atoms with Crippen LogP contribution >= 0.6 is 11.8 Å². The highest BCUT2D eigenvalue weighted by Gasteiger charge is 2.40. The Morgan fingerprint density at radius 3 is 2.53 bits per heavy atom. The summed E-state index contributed by atoms with van der Waals surface area (Å²) >= 11 is 1.50. The molecule has 2 aromatic carbocycles. The average molecular weight is 450 g/mol. The van der Waals surface area contributed by atoms with Crippen LogP contribution < -0.4 is 10.2 Å². The molecule has 1 fully saturated rings. The first-order chi connectivity index (χ1) is 15.7. The molecule has 2 atom stereocenters. The number of thioether (sulfide) groups is 1. The fourth-order valence-electron chi connectivity index (χ4n) is 4.30. The number of carbonyl (C=O) groups is 1. The van der Waals surface area contributed by atoms with Gasteiger partial charge in [0.15, 0.2) is 5.82 Å². The maximum Gasteiger partial charge on any atom is 0.238 e. The second kappa shape index (κ2) is 9.24. The fraction of sp³-hybridized carbons (Fsp3) is 0.375. The highest BCUT2D eigenvalue weighted by Crippen LogP contribution is 2.40. The minimum absolute atomic E-state index is 0.164. The first-order valence-corrected chi connectivity index (χ1v) is 12.1. The summed E-state index contributed by atoms with van der Waals surface area (Å²) in [6.45, 7) is 4.25. The maximum atomic E-state index is 13.6. The number of likely N-dealkylation sites (tertiary alicyclic amines) is 1. The zero-order valence-corrected chi connectivity index (χ0v) is 18.9. The number of rotatable bonds is 5. The molecule has 32 heavy (non-hydrogen) atoms. The Labute approximate surface area is 192 Å². The van der Waals surface area contributed by atoms with Gasteiger partial charge >= 0.3 is 0 Å². The summed E-state index contributed by atoms with van der Waals surface area (Å²) < 4.78 is 7.53. The van der Waals surface area contributed by atoms with E-state index in [-0.39, 0.29) is 17.2 Å². The summed E-state index contributed by atoms with van der Waals surface area (Å²) in [4.78, 5) is 15.6. The van der Waals surface area contributed by atoms with Gasteiger partial charge in [-0.15, -0.1) is 10.2 Å². The lowest BCUT2D eigenvalue weighted by Crippen LogP contribution is -2.47. The molecule has 3 aromatic rings. The Kier molecular flexibility index (Phi) is 6.03. The molecule has 0 bridgehead atoms. The van der Waals surface area contributed by atoms with Crippen molar-refractivity contribution in [3.05, 3.63) is 60.2 Å². The van der Waals surface area contributed by atoms with E-state index in [1.807, 2.05) is 71.1 Å². The first kappa shape index (κ1) is 20.9. The van der Waals surface area contributed by atoms with Crippen LogP contribution in [0.3, 0.4) is 0 Å². The molecule has 0 radical (unpaired) electrons. The lowest BCUT2D eigenvalue weighted by Gasteiger charge is -2.37. The Morgan fingerprint density at radius 2 is 1.81 bits per heavy atom. The van der Waals surface area contributed by atoms with E-state index < -0.39 is 0 Å². The van der Waals surface area contributed by atoms with Gasteiger partial charge in [0.25, 0.3) is 0 Å². The van der Waals surface area contributed by atoms with Crippen molar-refractivity contribution in [1.29, 1.82) is 0 Å². The largest absolute Gasteiger partial charge is 0.494 e. The van der Waals surface area contributed by atoms with Gasteiger partial charge in [0, 0.05) is 18.7 Å². The number of hydrogen-bond acceptors (Lipinski definition) is 6. The van der Waals surface area contributed by atoms with E-state index in [2.05, 4.69) is 15.6 Å². The van der Waals surface area contributed by atoms with Crippen LogP contribution in [0.25, 0.3) is 11.4 Å². The van der Waals surface area contributed by atoms with Crippen LogP contribution in [0.15, 0.2) is 59.8 Å². The molecule has 0 saturated carbocycles. The van der Waals surface area contributed by atoms with Crippen molar-refractivity contribution in [1.82, 2.24) is 19.8 Å². The van der Waals surface area contributed by atoms with E-state index in [9.17, 15) is 4.79 Å². The quantitative estimate of drug-likeness (QED) is 0.632. The van der Waals surface area contributed by atoms with Crippen molar-refractivity contribution >= 4 is 17.7 Å². The Morgan fingerprint density at radius 1 is 1.06 bits per heavy atom. The normalized spacial score (nSPS) is 20.3. The molecule has 166 valence electrons. The summed E-state index contributed by atoms with van der Waals surface area (Å²) in [5.41, 5.74) is 5.58. The third kappa shape index (κ3) is 4.07. The zero-order valence-electron chi connectivity index (χ0n) is 18.1. The third-order valence-electron chi connectivity index (χ3n) is 5.93. The van der Waals surface area contributed by atoms with Crippen LogP contribution in [0.4, 0.5) is 0 Å². The van der Waals surface area contributed by atoms with Crippen molar-refractivity contribution in [2.45, 2.75) is 42.6 Å². The molecule has 0 aliphatic carbocycles. The van der Waals surface area contributed by atoms with Gasteiger partial charge in [-0.1, -0.05) is 54.2 Å². The lowest BCUT2D eigenvalue weighted by atomic mass is 10.0. The monoisotopic (exact) mass is 449 g/mol. The van der Waals surface area contributed by atoms with Crippen molar-refractivity contribution < 1.29 is 9.53 Å². The number of nitrogens with one attached hydrogen (secondary N) is 1. The predicted octanol–water partition coefficient (Wildman–Crippen LogP) is 4.12. The standard InChI is InChI=1S/C24H27N5O2S/c1-2-31-19-13-11-17(12-14-19)20-21(23(30)28-15-7-4-8-16-28)32-24-26-25-22(29(24)27-20)18-9-5-3-6-10-18/h3,5-6,9-14,20-21,27H,2,4,7-8,15-16H2,1H3/t20-,21+/m1/s1. The van der Waals surface area contributed by atoms with Gasteiger partial charge in [-0.2, -0.15) is 0 Å². The van der Waals surface area contributed by atoms with Crippen molar-refractivity contribution in [2.24, 2.45) is 0 Å². The number of fused-ring (bicyclic) bond motifs is 1. The molecule has 1 aromatic heterocycles. The van der Waals surface area contributed by atoms with Gasteiger partial charge in [-0.25, -0.2) is 4.68 Å². The van der Waals surface area contributed by atoms with E-state index in [0.717, 1.165) is 48.6 Å². The van der Waals surface area contributed by atoms with Crippen LogP contribution in [-0.4, -0.2) is 50.6 Å². The second-order valence-corrected chi connectivity index (χ2v) is 9.15. The summed E-state index contributed by atoms with van der Waals surface area (Å²) in [7, 11) is 0. The first-order valence-electron chi connectivity index (χ1n) is 11.2. The van der Waals surface area contributed by atoms with Crippen molar-refractivity contribution in [3.8, 4) is 17.1 Å². The van der Waals surface area contributed by atoms with E-state index >= 15 is 0 Å². The van der Waals surface area contributed by atoms with Gasteiger partial charge in [-0.05, 0) is 43.9 Å². The lowest BCUT2D eigenvalue weighted by molar-refractivity contribution is -0.131. The van der Waals surface area contributed by atoms with Crippen LogP contribution in [0.2, 0.25) is 0 Å². The summed E-state index contributed by atoms with van der Waals surface area (Å²) in [6, 6.07) is 17.8. The van der Waals surface area contributed by atoms with Crippen LogP contribution in [0.5, 0.6) is 5.75 Å². The number of carbonyl (C=O) groups excluding carboxylic acids is 1. The van der Waals surface area contributed by atoms with E-state index in [1.54, 1.807) is 0 Å². The van der Waals surface area contributed by atoms with E-state index in [1.165, 1.54) is 18.2 Å². The molecule has 2 aliphatic rings. The number of hydrogen-bond donors (Lipinski definition) is 1. The molecule has 2 aliphatic heterocycles. The molecule has 0 spiro atoms. The number of aromatic nitrogens is 3. The number of piperidine rings is 1. The van der Waals surface area contributed by atoms with Crippen molar-refractivity contribution in [3.63, 3.8) is 0 Å². The SMILES string of the molecule is CCOc1ccc([C@H]2Nn3c(nnc3-c3ccccc3)S[C@@H]2C(=O)N2CCCCC2)cc1. The van der Waals surface area contributed by atoms with Gasteiger partial charge in [0.05, 0.1) is 12.6 Å². The Bertz CT molecular complexity index is 1060. The predicted molar refractivity (Wildman–Crippen MR) is 125 cm³/mol. The summed E-state index contributed by atoms with van der Waals surface area (Å²) in [5, 5.41) is 9.22. The van der Waals surface area contributed by atoms with Crippen LogP contribution in [0, 0.1) is 0 Å². The molecule has 3 heterocycles. The summed E-state index contributed by atoms with van der Waals surface area (Å²) in [5.74, 6) is 1.73. The molecule has 1 N–H and O–H groups in total. The third-order valence-corrected chi connectivity index (χ3v) is 7.13. The molecular weight excluding hydrogens is 422 g/mol. The molecule has 1 saturated heterocycles. The fourth-order valence-corrected chi connectivity index (χ4v) is 5.46. The topological polar surface area (TPSA) is 72.3 Å². The van der Waals surface area contributed by atoms with Gasteiger partial charge < -0.3 is 15.1 Å². The Balaban J connectivity index is 1.50. The minimum atomic E-state index is -0.314. The molecule has 8 heteroatoms. The van der Waals surface area contributed by atoms with Gasteiger partial charge in [0.1, 0.15) is 11.0 Å². The molecule has 0 unspecified atom stereocenters. The highest BCUT2D eigenvalue weighted by molar-refractivity contribution is 8.00. The number of nitrogens with zero attached hydrogens (tertiary/aromatic N) is 4. The van der Waals surface area contributed by atoms with E-state index in [4.69, 9.17) is 4.74 Å². The van der Waals surface area contributed by atoms with Crippen molar-refractivity contribution in [2.75, 3.05) is 25.1 Å². The van der Waals surface area contributed by atoms with Crippen LogP contribution in [-0.2, 0) is 4.79 Å². The summed E-state index contributed by atoms with van der Waals surface area (Å²) in [6.07, 6.45) is 3.33. The molecule has 5 rings (SSSR count). The Hall–Kier alpha value is -3.00. The molecule has 1 amide bonds. The van der Waals surface area contributed by atoms with E-state index in [0.29, 0.717) is 11.8 Å². The average Bonchev–Trinajstić information content (AvgIpc) is 3.27. The highest BCUT2D eigenvalue weighted by atomic mass is 32.2. The molecular formula is C24H27N5O2S. The van der Waals surface area contributed by atoms with Gasteiger partial charge in [0.2, 0.25) is 11.1 Å². The number of benzene rings is 2. The van der Waals surface area contributed by atoms with Gasteiger partial charge in [-0.3, -0.25) is 4.79 Å². The second-order valence-electron chi connectivity index (χ2n) is 8.04. The maximum absolute atomic E-state index is 13.6. The minimum Gasteiger partial charge on any atom is -0.494 e. The number of ether oxygens (including phenoxy) is 1.